The van der Waals surface area contributed by atoms with Crippen molar-refractivity contribution in [3.63, 3.8) is 0 Å². The van der Waals surface area contributed by atoms with Crippen LogP contribution in [-0.4, -0.2) is 33.6 Å². The molecule has 1 heterocycles. The van der Waals surface area contributed by atoms with Gasteiger partial charge in [-0.1, -0.05) is 25.6 Å². The van der Waals surface area contributed by atoms with Crippen LogP contribution in [0.2, 0.25) is 0 Å². The van der Waals surface area contributed by atoms with Gasteiger partial charge in [-0.05, 0) is 26.7 Å². The number of nitrogens with one attached hydrogen (secondary N) is 1. The number of primary amides is 1. The number of hydrogen-bond donors (Lipinski definition) is 2. The maximum Gasteiger partial charge on any atom is 0.408 e. The Kier molecular flexibility index (Phi) is 6.21. The number of hydrogen-bond acceptors (Lipinski definition) is 7. The summed E-state index contributed by atoms with van der Waals surface area (Å²) in [6.07, 6.45) is -0.560. The monoisotopic (exact) mass is 330 g/mol. The Morgan fingerprint density at radius 3 is 2.50 bits per heavy atom. The summed E-state index contributed by atoms with van der Waals surface area (Å²) in [5.41, 5.74) is 4.46. The van der Waals surface area contributed by atoms with E-state index in [2.05, 4.69) is 15.5 Å². The number of amides is 2. The van der Waals surface area contributed by atoms with E-state index < -0.39 is 23.6 Å². The highest BCUT2D eigenvalue weighted by Gasteiger charge is 2.27. The van der Waals surface area contributed by atoms with Gasteiger partial charge in [0.15, 0.2) is 0 Å². The van der Waals surface area contributed by atoms with E-state index in [1.54, 1.807) is 20.8 Å². The Bertz CT molecular complexity index is 524. The van der Waals surface area contributed by atoms with E-state index in [1.807, 2.05) is 13.8 Å². The smallest absolute Gasteiger partial charge is 0.408 e. The van der Waals surface area contributed by atoms with Gasteiger partial charge in [-0.15, -0.1) is 10.2 Å². The number of nitrogens with zero attached hydrogens (tertiary/aromatic N) is 2. The Morgan fingerprint density at radius 2 is 2.00 bits per heavy atom. The van der Waals surface area contributed by atoms with Crippen LogP contribution in [0.5, 0.6) is 0 Å². The molecule has 0 aliphatic carbocycles. The summed E-state index contributed by atoms with van der Waals surface area (Å²) in [4.78, 5) is 22.6. The fourth-order valence-electron chi connectivity index (χ4n) is 1.49. The summed E-state index contributed by atoms with van der Waals surface area (Å²) < 4.78 is 10.7. The molecule has 124 valence electrons. The highest BCUT2D eigenvalue weighted by atomic mass is 32.2. The zero-order valence-electron chi connectivity index (χ0n) is 13.4. The molecule has 0 aliphatic heterocycles. The summed E-state index contributed by atoms with van der Waals surface area (Å²) in [7, 11) is 0. The molecule has 3 N–H and O–H groups in total. The van der Waals surface area contributed by atoms with Crippen molar-refractivity contribution in [2.75, 3.05) is 5.75 Å². The van der Waals surface area contributed by atoms with Crippen molar-refractivity contribution in [1.82, 2.24) is 15.5 Å². The van der Waals surface area contributed by atoms with Crippen LogP contribution in [0.25, 0.3) is 0 Å². The molecule has 8 nitrogen and oxygen atoms in total. The lowest BCUT2D eigenvalue weighted by molar-refractivity contribution is -0.115. The number of nitrogens with two attached hydrogens (primary N) is 1. The van der Waals surface area contributed by atoms with E-state index in [0.717, 1.165) is 11.8 Å². The summed E-state index contributed by atoms with van der Waals surface area (Å²) in [6.45, 7) is 9.15. The summed E-state index contributed by atoms with van der Waals surface area (Å²) in [5, 5.41) is 10.7. The predicted octanol–water partition coefficient (Wildman–Crippen LogP) is 1.87. The predicted molar refractivity (Wildman–Crippen MR) is 81.2 cm³/mol. The SMILES string of the molecule is CC(C)[C@H](NC(=O)OC(C)(C)C)c1nnc(SCC(N)=O)o1. The third kappa shape index (κ3) is 6.33. The summed E-state index contributed by atoms with van der Waals surface area (Å²) in [6, 6.07) is -0.481. The minimum atomic E-state index is -0.594. The lowest BCUT2D eigenvalue weighted by atomic mass is 10.1. The van der Waals surface area contributed by atoms with Gasteiger partial charge in [0, 0.05) is 0 Å². The average Bonchev–Trinajstić information content (AvgIpc) is 2.79. The van der Waals surface area contributed by atoms with Crippen LogP contribution in [0.4, 0.5) is 4.79 Å². The summed E-state index contributed by atoms with van der Waals surface area (Å²) >= 11 is 1.05. The van der Waals surface area contributed by atoms with Crippen molar-refractivity contribution in [2.45, 2.75) is 51.5 Å². The number of rotatable bonds is 6. The second kappa shape index (κ2) is 7.48. The topological polar surface area (TPSA) is 120 Å². The van der Waals surface area contributed by atoms with Gasteiger partial charge in [-0.25, -0.2) is 4.79 Å². The third-order valence-corrected chi connectivity index (χ3v) is 3.21. The van der Waals surface area contributed by atoms with E-state index in [0.29, 0.717) is 0 Å². The van der Waals surface area contributed by atoms with Gasteiger partial charge in [0.1, 0.15) is 11.6 Å². The minimum absolute atomic E-state index is 0.0157. The molecule has 0 fully saturated rings. The summed E-state index contributed by atoms with van der Waals surface area (Å²) in [5.74, 6) is -0.153. The van der Waals surface area contributed by atoms with Crippen molar-refractivity contribution >= 4 is 23.8 Å². The van der Waals surface area contributed by atoms with Crippen molar-refractivity contribution in [3.05, 3.63) is 5.89 Å². The molecule has 0 aromatic carbocycles. The molecule has 0 saturated heterocycles. The Hall–Kier alpha value is -1.77. The van der Waals surface area contributed by atoms with Gasteiger partial charge >= 0.3 is 6.09 Å². The standard InChI is InChI=1S/C13H22N4O4S/c1-7(2)9(15-11(19)21-13(3,4)5)10-16-17-12(20-10)22-6-8(14)18/h7,9H,6H2,1-5H3,(H2,14,18)(H,15,19)/t9-/m0/s1. The number of ether oxygens (including phenoxy) is 1. The van der Waals surface area contributed by atoms with Crippen LogP contribution in [-0.2, 0) is 9.53 Å². The number of alkyl carbamates (subject to hydrolysis) is 1. The molecule has 9 heteroatoms. The van der Waals surface area contributed by atoms with E-state index in [-0.39, 0.29) is 22.8 Å². The molecule has 2 amide bonds. The number of carbonyl (C=O) groups excluding carboxylic acids is 2. The van der Waals surface area contributed by atoms with E-state index in [1.165, 1.54) is 0 Å². The molecule has 0 saturated carbocycles. The molecule has 22 heavy (non-hydrogen) atoms. The molecule has 1 aromatic rings. The minimum Gasteiger partial charge on any atom is -0.444 e. The number of aromatic nitrogens is 2. The quantitative estimate of drug-likeness (QED) is 0.764. The fraction of sp³-hybridized carbons (Fsp3) is 0.692. The molecule has 0 bridgehead atoms. The second-order valence-corrected chi connectivity index (χ2v) is 6.96. The average molecular weight is 330 g/mol. The Morgan fingerprint density at radius 1 is 1.36 bits per heavy atom. The van der Waals surface area contributed by atoms with Crippen LogP contribution < -0.4 is 11.1 Å². The molecule has 0 spiro atoms. The zero-order valence-corrected chi connectivity index (χ0v) is 14.2. The van der Waals surface area contributed by atoms with Crippen LogP contribution in [0.1, 0.15) is 46.6 Å². The largest absolute Gasteiger partial charge is 0.444 e. The van der Waals surface area contributed by atoms with Crippen molar-refractivity contribution in [3.8, 4) is 0 Å². The fourth-order valence-corrected chi connectivity index (χ4v) is 1.99. The zero-order chi connectivity index (χ0) is 16.9. The molecule has 0 radical (unpaired) electrons. The van der Waals surface area contributed by atoms with Gasteiger partial charge < -0.3 is 20.2 Å². The molecule has 0 unspecified atom stereocenters. The second-order valence-electron chi connectivity index (χ2n) is 6.03. The van der Waals surface area contributed by atoms with E-state index in [4.69, 9.17) is 14.9 Å². The van der Waals surface area contributed by atoms with E-state index >= 15 is 0 Å². The first-order valence-electron chi connectivity index (χ1n) is 6.82. The Balaban J connectivity index is 2.75. The molecule has 1 rings (SSSR count). The first kappa shape index (κ1) is 18.3. The van der Waals surface area contributed by atoms with Gasteiger partial charge in [-0.2, -0.15) is 0 Å². The maximum atomic E-state index is 11.9. The molecular formula is C13H22N4O4S. The maximum absolute atomic E-state index is 11.9. The van der Waals surface area contributed by atoms with Crippen molar-refractivity contribution in [2.24, 2.45) is 11.7 Å². The first-order valence-corrected chi connectivity index (χ1v) is 7.81. The van der Waals surface area contributed by atoms with Crippen LogP contribution in [0.15, 0.2) is 9.64 Å². The van der Waals surface area contributed by atoms with Gasteiger partial charge in [0.2, 0.25) is 11.8 Å². The first-order chi connectivity index (χ1) is 10.1. The molecule has 0 aliphatic rings. The third-order valence-electron chi connectivity index (χ3n) is 2.36. The highest BCUT2D eigenvalue weighted by molar-refractivity contribution is 7.99. The van der Waals surface area contributed by atoms with Crippen molar-refractivity contribution < 1.29 is 18.7 Å². The van der Waals surface area contributed by atoms with Crippen LogP contribution in [0, 0.1) is 5.92 Å². The van der Waals surface area contributed by atoms with Crippen molar-refractivity contribution in [1.29, 1.82) is 0 Å². The number of carbonyl (C=O) groups is 2. The van der Waals surface area contributed by atoms with Gasteiger partial charge in [-0.3, -0.25) is 4.79 Å². The highest BCUT2D eigenvalue weighted by Crippen LogP contribution is 2.24. The van der Waals surface area contributed by atoms with Crippen LogP contribution >= 0.6 is 11.8 Å². The normalized spacial score (nSPS) is 13.0. The van der Waals surface area contributed by atoms with Gasteiger partial charge in [0.05, 0.1) is 5.75 Å². The molecule has 1 aromatic heterocycles. The van der Waals surface area contributed by atoms with Crippen LogP contribution in [0.3, 0.4) is 0 Å². The lowest BCUT2D eigenvalue weighted by Gasteiger charge is -2.23. The molecular weight excluding hydrogens is 308 g/mol. The van der Waals surface area contributed by atoms with Gasteiger partial charge in [0.25, 0.3) is 5.22 Å². The number of thioether (sulfide) groups is 1. The van der Waals surface area contributed by atoms with E-state index in [9.17, 15) is 9.59 Å². The lowest BCUT2D eigenvalue weighted by Crippen LogP contribution is -2.37. The Labute approximate surface area is 133 Å². The molecule has 1 atom stereocenters.